The molecule has 0 aliphatic heterocycles. The van der Waals surface area contributed by atoms with Crippen LogP contribution in [0.3, 0.4) is 0 Å². The van der Waals surface area contributed by atoms with Crippen molar-refractivity contribution in [3.05, 3.63) is 78.4 Å². The van der Waals surface area contributed by atoms with E-state index in [9.17, 15) is 5.11 Å². The van der Waals surface area contributed by atoms with Crippen LogP contribution in [0.5, 0.6) is 17.2 Å². The third-order valence-electron chi connectivity index (χ3n) is 3.00. The lowest BCUT2D eigenvalue weighted by molar-refractivity contribution is -0.0979. The standard InChI is InChI=1S/C12H11NO2.C7H9N.CH2O/c13-9-6-7-12(11(14)8-9)15-10-4-2-1-3-5-10;1-6-3-2-4-7(8)5-6;1-2/h1-8,14H,13H2;2-5H,8H2,1H3;1H2. The molecule has 0 saturated carbocycles. The van der Waals surface area contributed by atoms with Crippen molar-refractivity contribution in [3.8, 4) is 17.2 Å². The Bertz CT molecular complexity index is 760. The summed E-state index contributed by atoms with van der Waals surface area (Å²) < 4.78 is 5.46. The van der Waals surface area contributed by atoms with Gasteiger partial charge in [-0.1, -0.05) is 30.3 Å². The number of anilines is 2. The zero-order valence-electron chi connectivity index (χ0n) is 14.1. The Morgan fingerprint density at radius 1 is 0.840 bits per heavy atom. The van der Waals surface area contributed by atoms with Crippen LogP contribution in [0.4, 0.5) is 11.4 Å². The molecule has 0 aliphatic carbocycles. The van der Waals surface area contributed by atoms with E-state index in [4.69, 9.17) is 21.0 Å². The molecule has 0 saturated heterocycles. The second kappa shape index (κ2) is 10.3. The molecule has 3 aromatic carbocycles. The number of aryl methyl sites for hydroxylation is 1. The molecule has 0 bridgehead atoms. The normalized spacial score (nSPS) is 9.00. The number of carbonyl (C=O) groups is 1. The summed E-state index contributed by atoms with van der Waals surface area (Å²) in [6, 6.07) is 21.8. The summed E-state index contributed by atoms with van der Waals surface area (Å²) in [6.07, 6.45) is 0. The van der Waals surface area contributed by atoms with Crippen LogP contribution in [0, 0.1) is 6.92 Å². The number of hydrogen-bond acceptors (Lipinski definition) is 5. The quantitative estimate of drug-likeness (QED) is 0.609. The molecule has 5 heteroatoms. The topological polar surface area (TPSA) is 98.6 Å². The molecule has 130 valence electrons. The van der Waals surface area contributed by atoms with Crippen molar-refractivity contribution in [2.75, 3.05) is 11.5 Å². The molecule has 0 amide bonds. The zero-order chi connectivity index (χ0) is 18.7. The second-order valence-electron chi connectivity index (χ2n) is 5.06. The van der Waals surface area contributed by atoms with Crippen LogP contribution in [0.1, 0.15) is 5.56 Å². The molecule has 0 radical (unpaired) electrons. The lowest BCUT2D eigenvalue weighted by atomic mass is 10.2. The summed E-state index contributed by atoms with van der Waals surface area (Å²) in [6.45, 7) is 4.02. The van der Waals surface area contributed by atoms with Crippen molar-refractivity contribution in [1.29, 1.82) is 0 Å². The molecule has 0 fully saturated rings. The molecule has 5 N–H and O–H groups in total. The highest BCUT2D eigenvalue weighted by Crippen LogP contribution is 2.31. The number of hydrogen-bond donors (Lipinski definition) is 3. The van der Waals surface area contributed by atoms with Gasteiger partial charge in [0, 0.05) is 17.4 Å². The first-order chi connectivity index (χ1) is 12.0. The van der Waals surface area contributed by atoms with Crippen LogP contribution in [0.25, 0.3) is 0 Å². The van der Waals surface area contributed by atoms with E-state index in [0.29, 0.717) is 17.2 Å². The number of carbonyl (C=O) groups excluding carboxylic acids is 1. The number of phenolic OH excluding ortho intramolecular Hbond substituents is 1. The molecular weight excluding hydrogens is 316 g/mol. The van der Waals surface area contributed by atoms with Gasteiger partial charge in [-0.05, 0) is 48.9 Å². The van der Waals surface area contributed by atoms with Gasteiger partial charge >= 0.3 is 0 Å². The lowest BCUT2D eigenvalue weighted by Crippen LogP contribution is -1.87. The molecule has 3 rings (SSSR count). The van der Waals surface area contributed by atoms with Crippen LogP contribution < -0.4 is 16.2 Å². The Hall–Kier alpha value is -3.47. The maximum absolute atomic E-state index is 9.55. The Balaban J connectivity index is 0.000000264. The first-order valence-corrected chi connectivity index (χ1v) is 7.47. The largest absolute Gasteiger partial charge is 0.504 e. The van der Waals surface area contributed by atoms with Gasteiger partial charge in [-0.3, -0.25) is 0 Å². The maximum Gasteiger partial charge on any atom is 0.169 e. The number of phenols is 1. The zero-order valence-corrected chi connectivity index (χ0v) is 14.1. The number of rotatable bonds is 2. The molecule has 0 atom stereocenters. The predicted octanol–water partition coefficient (Wildman–Crippen LogP) is 4.16. The summed E-state index contributed by atoms with van der Waals surface area (Å²) in [7, 11) is 0. The molecular formula is C20H22N2O3. The molecule has 3 aromatic rings. The summed E-state index contributed by atoms with van der Waals surface area (Å²) in [5.74, 6) is 1.12. The first kappa shape index (κ1) is 19.6. The van der Waals surface area contributed by atoms with E-state index < -0.39 is 0 Å². The third kappa shape index (κ3) is 7.09. The van der Waals surface area contributed by atoms with Crippen molar-refractivity contribution in [2.24, 2.45) is 0 Å². The SMILES string of the molecule is C=O.Cc1cccc(N)c1.Nc1ccc(Oc2ccccc2)c(O)c1. The van der Waals surface area contributed by atoms with Crippen molar-refractivity contribution in [3.63, 3.8) is 0 Å². The fourth-order valence-electron chi connectivity index (χ4n) is 1.91. The molecule has 0 unspecified atom stereocenters. The average molecular weight is 338 g/mol. The molecule has 5 nitrogen and oxygen atoms in total. The fraction of sp³-hybridized carbons (Fsp3) is 0.0500. The average Bonchev–Trinajstić information content (AvgIpc) is 2.60. The highest BCUT2D eigenvalue weighted by atomic mass is 16.5. The predicted molar refractivity (Wildman–Crippen MR) is 102 cm³/mol. The summed E-state index contributed by atoms with van der Waals surface area (Å²) in [4.78, 5) is 8.00. The lowest BCUT2D eigenvalue weighted by Gasteiger charge is -2.07. The van der Waals surface area contributed by atoms with E-state index in [1.807, 2.05) is 68.3 Å². The van der Waals surface area contributed by atoms with Gasteiger partial charge < -0.3 is 26.1 Å². The molecule has 25 heavy (non-hydrogen) atoms. The molecule has 0 heterocycles. The van der Waals surface area contributed by atoms with Crippen LogP contribution in [-0.2, 0) is 4.79 Å². The van der Waals surface area contributed by atoms with Crippen LogP contribution in [0.15, 0.2) is 72.8 Å². The van der Waals surface area contributed by atoms with E-state index in [2.05, 4.69) is 0 Å². The van der Waals surface area contributed by atoms with Crippen molar-refractivity contribution in [2.45, 2.75) is 6.92 Å². The van der Waals surface area contributed by atoms with E-state index in [1.165, 1.54) is 11.6 Å². The highest BCUT2D eigenvalue weighted by molar-refractivity contribution is 5.52. The van der Waals surface area contributed by atoms with E-state index >= 15 is 0 Å². The summed E-state index contributed by atoms with van der Waals surface area (Å²) >= 11 is 0. The van der Waals surface area contributed by atoms with Gasteiger partial charge in [0.05, 0.1) is 0 Å². The third-order valence-corrected chi connectivity index (χ3v) is 3.00. The first-order valence-electron chi connectivity index (χ1n) is 7.47. The van der Waals surface area contributed by atoms with Crippen LogP contribution in [-0.4, -0.2) is 11.9 Å². The Labute approximate surface area is 147 Å². The van der Waals surface area contributed by atoms with E-state index in [-0.39, 0.29) is 5.75 Å². The highest BCUT2D eigenvalue weighted by Gasteiger charge is 2.03. The van der Waals surface area contributed by atoms with Crippen molar-refractivity contribution >= 4 is 18.2 Å². The molecule has 0 aromatic heterocycles. The van der Waals surface area contributed by atoms with Gasteiger partial charge in [0.2, 0.25) is 0 Å². The van der Waals surface area contributed by atoms with Crippen LogP contribution >= 0.6 is 0 Å². The van der Waals surface area contributed by atoms with Crippen LogP contribution in [0.2, 0.25) is 0 Å². The fourth-order valence-corrected chi connectivity index (χ4v) is 1.91. The summed E-state index contributed by atoms with van der Waals surface area (Å²) in [5, 5.41) is 9.55. The number of nitrogen functional groups attached to an aromatic ring is 2. The number of nitrogens with two attached hydrogens (primary N) is 2. The van der Waals surface area contributed by atoms with Gasteiger partial charge in [-0.25, -0.2) is 0 Å². The number of para-hydroxylation sites is 1. The van der Waals surface area contributed by atoms with Crippen molar-refractivity contribution in [1.82, 2.24) is 0 Å². The minimum Gasteiger partial charge on any atom is -0.504 e. The number of benzene rings is 3. The van der Waals surface area contributed by atoms with Crippen molar-refractivity contribution < 1.29 is 14.6 Å². The van der Waals surface area contributed by atoms with Gasteiger partial charge in [-0.15, -0.1) is 0 Å². The molecule has 0 aliphatic rings. The summed E-state index contributed by atoms with van der Waals surface area (Å²) in [5.41, 5.74) is 13.5. The second-order valence-corrected chi connectivity index (χ2v) is 5.06. The maximum atomic E-state index is 9.55. The monoisotopic (exact) mass is 338 g/mol. The number of ether oxygens (including phenoxy) is 1. The number of aromatic hydroxyl groups is 1. The van der Waals surface area contributed by atoms with Gasteiger partial charge in [0.1, 0.15) is 12.5 Å². The minimum absolute atomic E-state index is 0.0406. The smallest absolute Gasteiger partial charge is 0.169 e. The minimum atomic E-state index is 0.0406. The van der Waals surface area contributed by atoms with E-state index in [1.54, 1.807) is 12.1 Å². The molecule has 0 spiro atoms. The van der Waals surface area contributed by atoms with E-state index in [0.717, 1.165) is 5.69 Å². The Kier molecular flexibility index (Phi) is 8.09. The Morgan fingerprint density at radius 3 is 2.00 bits per heavy atom. The Morgan fingerprint density at radius 2 is 1.48 bits per heavy atom. The van der Waals surface area contributed by atoms with Gasteiger partial charge in [0.25, 0.3) is 0 Å². The van der Waals surface area contributed by atoms with Gasteiger partial charge in [0.15, 0.2) is 11.5 Å². The van der Waals surface area contributed by atoms with Gasteiger partial charge in [-0.2, -0.15) is 0 Å².